The number of alkyl halides is 1. The molecule has 2 unspecified atom stereocenters. The molecule has 2 atom stereocenters. The Balaban J connectivity index is 2.23. The fourth-order valence-corrected chi connectivity index (χ4v) is 1.44. The lowest BCUT2D eigenvalue weighted by molar-refractivity contribution is 0.0578. The Bertz CT molecular complexity index is 66.9. The van der Waals surface area contributed by atoms with Crippen LogP contribution < -0.4 is 0 Å². The normalized spacial score (nSPS) is 39.8. The zero-order valence-electron chi connectivity index (χ0n) is 4.77. The van der Waals surface area contributed by atoms with Crippen molar-refractivity contribution in [2.24, 2.45) is 0 Å². The first-order valence-corrected chi connectivity index (χ1v) is 3.52. The molecule has 1 saturated carbocycles. The number of hydrogen-bond acceptors (Lipinski definition) is 0. The summed E-state index contributed by atoms with van der Waals surface area (Å²) >= 11 is 5.71. The van der Waals surface area contributed by atoms with E-state index >= 15 is 0 Å². The predicted molar refractivity (Wildman–Crippen MR) is 32.6 cm³/mol. The van der Waals surface area contributed by atoms with Crippen LogP contribution in [0.2, 0.25) is 0 Å². The highest BCUT2D eigenvalue weighted by Crippen LogP contribution is 2.22. The topological polar surface area (TPSA) is 19.9 Å². The summed E-state index contributed by atoms with van der Waals surface area (Å²) in [5.74, 6) is 0. The van der Waals surface area contributed by atoms with Crippen LogP contribution in [-0.2, 0) is 5.11 Å². The highest BCUT2D eigenvalue weighted by molar-refractivity contribution is 6.20. The van der Waals surface area contributed by atoms with Crippen molar-refractivity contribution in [3.8, 4) is 0 Å². The molecule has 1 radical (unpaired) electrons. The van der Waals surface area contributed by atoms with Crippen molar-refractivity contribution in [1.82, 2.24) is 0 Å². The summed E-state index contributed by atoms with van der Waals surface area (Å²) in [4.78, 5) is 0. The second kappa shape index (κ2) is 2.70. The molecule has 0 aromatic rings. The molecule has 0 aliphatic heterocycles. The lowest BCUT2D eigenvalue weighted by Gasteiger charge is -2.18. The zero-order chi connectivity index (χ0) is 5.98. The fourth-order valence-electron chi connectivity index (χ4n) is 1.09. The van der Waals surface area contributed by atoms with Crippen molar-refractivity contribution in [3.05, 3.63) is 0 Å². The standard InChI is InChI=1S/C6H10ClO/c7-5-2-1-3-6(8)4-5/h5-6H,1-4H2. The van der Waals surface area contributed by atoms with Crippen molar-refractivity contribution in [1.29, 1.82) is 0 Å². The summed E-state index contributed by atoms with van der Waals surface area (Å²) in [6, 6.07) is 0. The zero-order valence-corrected chi connectivity index (χ0v) is 5.53. The molecule has 0 aromatic heterocycles. The second-order valence-electron chi connectivity index (χ2n) is 2.39. The first-order valence-electron chi connectivity index (χ1n) is 3.09. The monoisotopic (exact) mass is 133 g/mol. The van der Waals surface area contributed by atoms with Crippen molar-refractivity contribution >= 4 is 11.6 Å². The van der Waals surface area contributed by atoms with E-state index in [0.29, 0.717) is 6.42 Å². The smallest absolute Gasteiger partial charge is 0.0944 e. The predicted octanol–water partition coefficient (Wildman–Crippen LogP) is 1.97. The average molecular weight is 134 g/mol. The van der Waals surface area contributed by atoms with Crippen LogP contribution >= 0.6 is 11.6 Å². The molecule has 1 aliphatic carbocycles. The van der Waals surface area contributed by atoms with Gasteiger partial charge in [0.15, 0.2) is 0 Å². The fraction of sp³-hybridized carbons (Fsp3) is 1.00. The first-order chi connectivity index (χ1) is 3.79. The molecule has 1 aliphatic rings. The van der Waals surface area contributed by atoms with Gasteiger partial charge in [0, 0.05) is 5.38 Å². The molecular weight excluding hydrogens is 124 g/mol. The average Bonchev–Trinajstić information content (AvgIpc) is 1.64. The van der Waals surface area contributed by atoms with Gasteiger partial charge in [0.25, 0.3) is 0 Å². The van der Waals surface area contributed by atoms with Gasteiger partial charge in [0.05, 0.1) is 6.10 Å². The van der Waals surface area contributed by atoms with E-state index in [1.165, 1.54) is 0 Å². The van der Waals surface area contributed by atoms with Gasteiger partial charge >= 0.3 is 0 Å². The summed E-state index contributed by atoms with van der Waals surface area (Å²) in [6.45, 7) is 0. The van der Waals surface area contributed by atoms with Crippen LogP contribution in [0.15, 0.2) is 0 Å². The molecule has 0 N–H and O–H groups in total. The summed E-state index contributed by atoms with van der Waals surface area (Å²) in [5.41, 5.74) is 0. The third-order valence-corrected chi connectivity index (χ3v) is 1.96. The van der Waals surface area contributed by atoms with E-state index in [1.54, 1.807) is 0 Å². The molecule has 0 saturated heterocycles. The Morgan fingerprint density at radius 1 is 1.38 bits per heavy atom. The molecule has 0 aromatic carbocycles. The van der Waals surface area contributed by atoms with Crippen LogP contribution in [0.3, 0.4) is 0 Å². The van der Waals surface area contributed by atoms with Gasteiger partial charge < -0.3 is 0 Å². The van der Waals surface area contributed by atoms with Gasteiger partial charge in [-0.15, -0.1) is 11.6 Å². The van der Waals surface area contributed by atoms with Crippen LogP contribution in [-0.4, -0.2) is 11.5 Å². The quantitative estimate of drug-likeness (QED) is 0.451. The van der Waals surface area contributed by atoms with E-state index in [1.807, 2.05) is 0 Å². The maximum Gasteiger partial charge on any atom is 0.0944 e. The van der Waals surface area contributed by atoms with Gasteiger partial charge in [-0.05, 0) is 25.7 Å². The van der Waals surface area contributed by atoms with Crippen LogP contribution in [0, 0.1) is 0 Å². The lowest BCUT2D eigenvalue weighted by Crippen LogP contribution is -2.17. The first kappa shape index (κ1) is 6.37. The minimum Gasteiger partial charge on any atom is -0.233 e. The van der Waals surface area contributed by atoms with Crippen LogP contribution in [0.5, 0.6) is 0 Å². The van der Waals surface area contributed by atoms with Gasteiger partial charge in [-0.3, -0.25) is 0 Å². The highest BCUT2D eigenvalue weighted by Gasteiger charge is 2.18. The summed E-state index contributed by atoms with van der Waals surface area (Å²) in [5, 5.41) is 10.8. The van der Waals surface area contributed by atoms with E-state index < -0.39 is 0 Å². The molecule has 0 bridgehead atoms. The lowest BCUT2D eigenvalue weighted by atomic mass is 9.98. The third-order valence-electron chi connectivity index (χ3n) is 1.56. The highest BCUT2D eigenvalue weighted by atomic mass is 35.5. The Morgan fingerprint density at radius 2 is 2.12 bits per heavy atom. The van der Waals surface area contributed by atoms with Crippen LogP contribution in [0.25, 0.3) is 0 Å². The second-order valence-corrected chi connectivity index (χ2v) is 3.00. The van der Waals surface area contributed by atoms with Gasteiger partial charge in [0.2, 0.25) is 0 Å². The van der Waals surface area contributed by atoms with Gasteiger partial charge in [-0.2, -0.15) is 0 Å². The summed E-state index contributed by atoms with van der Waals surface area (Å²) < 4.78 is 0. The Hall–Kier alpha value is 0.250. The SMILES string of the molecule is [O]C1CCCC(Cl)C1. The minimum atomic E-state index is -0.369. The maximum atomic E-state index is 10.7. The van der Waals surface area contributed by atoms with Gasteiger partial charge in [-0.25, -0.2) is 5.11 Å². The number of halogens is 1. The summed E-state index contributed by atoms with van der Waals surface area (Å²) in [7, 11) is 0. The van der Waals surface area contributed by atoms with E-state index in [2.05, 4.69) is 0 Å². The molecule has 2 heteroatoms. The molecule has 0 heterocycles. The maximum absolute atomic E-state index is 10.7. The Labute approximate surface area is 54.7 Å². The molecule has 1 nitrogen and oxygen atoms in total. The van der Waals surface area contributed by atoms with E-state index in [-0.39, 0.29) is 11.5 Å². The Kier molecular flexibility index (Phi) is 2.15. The Morgan fingerprint density at radius 3 is 2.50 bits per heavy atom. The molecule has 0 amide bonds. The molecule has 1 fully saturated rings. The molecule has 0 spiro atoms. The van der Waals surface area contributed by atoms with E-state index in [9.17, 15) is 5.11 Å². The van der Waals surface area contributed by atoms with Crippen molar-refractivity contribution < 1.29 is 5.11 Å². The third kappa shape index (κ3) is 1.64. The molecular formula is C6H10ClO. The number of hydrogen-bond donors (Lipinski definition) is 0. The van der Waals surface area contributed by atoms with Crippen molar-refractivity contribution in [2.45, 2.75) is 37.2 Å². The van der Waals surface area contributed by atoms with E-state index in [4.69, 9.17) is 11.6 Å². The van der Waals surface area contributed by atoms with E-state index in [0.717, 1.165) is 19.3 Å². The van der Waals surface area contributed by atoms with Crippen molar-refractivity contribution in [3.63, 3.8) is 0 Å². The minimum absolute atomic E-state index is 0.172. The molecule has 47 valence electrons. The summed E-state index contributed by atoms with van der Waals surface area (Å²) in [6.07, 6.45) is 3.22. The number of rotatable bonds is 0. The largest absolute Gasteiger partial charge is 0.233 e. The molecule has 1 rings (SSSR count). The van der Waals surface area contributed by atoms with Gasteiger partial charge in [-0.1, -0.05) is 0 Å². The van der Waals surface area contributed by atoms with Crippen LogP contribution in [0.4, 0.5) is 0 Å². The van der Waals surface area contributed by atoms with Crippen LogP contribution in [0.1, 0.15) is 25.7 Å². The van der Waals surface area contributed by atoms with Crippen molar-refractivity contribution in [2.75, 3.05) is 0 Å². The van der Waals surface area contributed by atoms with Gasteiger partial charge in [0.1, 0.15) is 0 Å². The molecule has 8 heavy (non-hydrogen) atoms.